The Morgan fingerprint density at radius 2 is 1.95 bits per heavy atom. The summed E-state index contributed by atoms with van der Waals surface area (Å²) >= 11 is 0. The lowest BCUT2D eigenvalue weighted by Gasteiger charge is -2.34. The van der Waals surface area contributed by atoms with Crippen LogP contribution in [0.1, 0.15) is 74.0 Å². The van der Waals surface area contributed by atoms with Crippen molar-refractivity contribution in [3.63, 3.8) is 0 Å². The third kappa shape index (κ3) is 5.49. The molecule has 8 nitrogen and oxygen atoms in total. The summed E-state index contributed by atoms with van der Waals surface area (Å²) in [5, 5.41) is 6.13. The van der Waals surface area contributed by atoms with Gasteiger partial charge in [-0.3, -0.25) is 9.59 Å². The maximum Gasteiger partial charge on any atom is 0.263 e. The third-order valence-electron chi connectivity index (χ3n) is 7.57. The van der Waals surface area contributed by atoms with Crippen LogP contribution in [0.3, 0.4) is 0 Å². The fourth-order valence-corrected chi connectivity index (χ4v) is 5.36. The first kappa shape index (κ1) is 26.1. The van der Waals surface area contributed by atoms with Crippen LogP contribution in [-0.2, 0) is 4.79 Å². The molecule has 0 bridgehead atoms. The van der Waals surface area contributed by atoms with Gasteiger partial charge in [0.2, 0.25) is 5.91 Å². The van der Waals surface area contributed by atoms with E-state index in [1.807, 2.05) is 0 Å². The molecule has 2 amide bonds. The number of nitrogens with one attached hydrogen (secondary N) is 3. The summed E-state index contributed by atoms with van der Waals surface area (Å²) in [6.07, 6.45) is 3.24. The van der Waals surface area contributed by atoms with E-state index in [1.165, 1.54) is 25.4 Å². The number of ether oxygens (including phenoxy) is 1. The van der Waals surface area contributed by atoms with Gasteiger partial charge in [-0.15, -0.1) is 0 Å². The van der Waals surface area contributed by atoms with Crippen LogP contribution in [0.4, 0.5) is 8.78 Å². The largest absolute Gasteiger partial charge is 0.493 e. The monoisotopic (exact) mass is 525 g/mol. The van der Waals surface area contributed by atoms with Crippen molar-refractivity contribution < 1.29 is 23.1 Å². The normalized spacial score (nSPS) is 21.5. The minimum atomic E-state index is -2.64. The number of halogens is 2. The molecule has 2 heterocycles. The summed E-state index contributed by atoms with van der Waals surface area (Å²) < 4.78 is 33.2. The maximum atomic E-state index is 13.6. The Bertz CT molecular complexity index is 1350. The Labute approximate surface area is 220 Å². The molecule has 0 unspecified atom stereocenters. The molecule has 0 saturated heterocycles. The van der Waals surface area contributed by atoms with E-state index in [-0.39, 0.29) is 35.4 Å². The van der Waals surface area contributed by atoms with Crippen LogP contribution >= 0.6 is 0 Å². The first-order valence-electron chi connectivity index (χ1n) is 13.2. The van der Waals surface area contributed by atoms with Crippen LogP contribution in [-0.4, -0.2) is 45.5 Å². The first-order chi connectivity index (χ1) is 18.2. The number of H-pyrrole nitrogens is 1. The molecule has 2 saturated carbocycles. The van der Waals surface area contributed by atoms with Gasteiger partial charge in [-0.25, -0.2) is 18.7 Å². The molecule has 202 valence electrons. The van der Waals surface area contributed by atoms with E-state index >= 15 is 0 Å². The molecule has 0 radical (unpaired) electrons. The number of aryl methyl sites for hydroxylation is 1. The number of hydrogen-bond donors (Lipinski definition) is 3. The number of nitrogens with zero attached hydrogens (tertiary/aromatic N) is 2. The zero-order chi connectivity index (χ0) is 27.0. The summed E-state index contributed by atoms with van der Waals surface area (Å²) in [6, 6.07) is 4.41. The number of alkyl halides is 2. The molecule has 2 aromatic heterocycles. The first-order valence-corrected chi connectivity index (χ1v) is 13.2. The average Bonchev–Trinajstić information content (AvgIpc) is 3.63. The number of fused-ring (bicyclic) bond motifs is 1. The zero-order valence-electron chi connectivity index (χ0n) is 21.8. The Hall–Kier alpha value is -3.56. The van der Waals surface area contributed by atoms with E-state index in [0.29, 0.717) is 51.8 Å². The fourth-order valence-electron chi connectivity index (χ4n) is 5.36. The van der Waals surface area contributed by atoms with Crippen LogP contribution < -0.4 is 15.4 Å². The number of hydrogen-bond acceptors (Lipinski definition) is 5. The van der Waals surface area contributed by atoms with Gasteiger partial charge in [0.1, 0.15) is 23.3 Å². The Morgan fingerprint density at radius 3 is 2.63 bits per heavy atom. The highest BCUT2D eigenvalue weighted by Crippen LogP contribution is 2.38. The Kier molecular flexibility index (Phi) is 7.32. The summed E-state index contributed by atoms with van der Waals surface area (Å²) in [6.45, 7) is 5.90. The van der Waals surface area contributed by atoms with Crippen molar-refractivity contribution in [3.8, 4) is 17.0 Å². The maximum absolute atomic E-state index is 13.6. The van der Waals surface area contributed by atoms with Gasteiger partial charge in [-0.2, -0.15) is 0 Å². The van der Waals surface area contributed by atoms with Gasteiger partial charge in [-0.1, -0.05) is 6.92 Å². The lowest BCUT2D eigenvalue weighted by Crippen LogP contribution is -2.47. The van der Waals surface area contributed by atoms with Crippen LogP contribution in [0.2, 0.25) is 0 Å². The van der Waals surface area contributed by atoms with Crippen LogP contribution in [0.5, 0.6) is 5.75 Å². The van der Waals surface area contributed by atoms with Gasteiger partial charge in [0.05, 0.1) is 17.7 Å². The molecular formula is C28H33F2N5O3. The van der Waals surface area contributed by atoms with Gasteiger partial charge in [0.15, 0.2) is 0 Å². The fraction of sp³-hybridized carbons (Fsp3) is 0.500. The number of aromatic nitrogens is 3. The van der Waals surface area contributed by atoms with Gasteiger partial charge < -0.3 is 20.4 Å². The summed E-state index contributed by atoms with van der Waals surface area (Å²) in [7, 11) is 0. The minimum absolute atomic E-state index is 0.0386. The molecule has 3 N–H and O–H groups in total. The smallest absolute Gasteiger partial charge is 0.263 e. The van der Waals surface area contributed by atoms with Crippen molar-refractivity contribution in [2.45, 2.75) is 71.4 Å². The van der Waals surface area contributed by atoms with Crippen molar-refractivity contribution in [2.24, 2.45) is 11.8 Å². The Balaban J connectivity index is 1.44. The molecule has 0 spiro atoms. The predicted molar refractivity (Wildman–Crippen MR) is 139 cm³/mol. The topological polar surface area (TPSA) is 109 Å². The minimum Gasteiger partial charge on any atom is -0.493 e. The van der Waals surface area contributed by atoms with E-state index in [9.17, 15) is 18.4 Å². The molecule has 2 aliphatic rings. The van der Waals surface area contributed by atoms with Gasteiger partial charge >= 0.3 is 0 Å². The molecule has 38 heavy (non-hydrogen) atoms. The van der Waals surface area contributed by atoms with E-state index in [0.717, 1.165) is 32.1 Å². The highest BCUT2D eigenvalue weighted by Gasteiger charge is 2.31. The van der Waals surface area contributed by atoms with Gasteiger partial charge in [0.25, 0.3) is 12.3 Å². The SMILES string of the molecule is CC(=O)N[C@@H]1CC[C@H](NC(=O)c2c(C)[nH]c3c(-c4cc(C(F)F)ccc4OCC4CC4)ncnc23)[C@H](C)C1. The van der Waals surface area contributed by atoms with Crippen molar-refractivity contribution in [1.29, 1.82) is 0 Å². The number of benzene rings is 1. The molecule has 5 rings (SSSR count). The summed E-state index contributed by atoms with van der Waals surface area (Å²) in [4.78, 5) is 36.9. The predicted octanol–water partition coefficient (Wildman–Crippen LogP) is 5.08. The van der Waals surface area contributed by atoms with Gasteiger partial charge in [-0.05, 0) is 69.1 Å². The van der Waals surface area contributed by atoms with Crippen molar-refractivity contribution in [3.05, 3.63) is 41.3 Å². The second-order valence-corrected chi connectivity index (χ2v) is 10.6. The van der Waals surface area contributed by atoms with Crippen LogP contribution in [0.15, 0.2) is 24.5 Å². The van der Waals surface area contributed by atoms with E-state index in [1.54, 1.807) is 13.0 Å². The van der Waals surface area contributed by atoms with Gasteiger partial charge in [0, 0.05) is 35.8 Å². The molecular weight excluding hydrogens is 492 g/mol. The lowest BCUT2D eigenvalue weighted by atomic mass is 9.82. The Morgan fingerprint density at radius 1 is 1.16 bits per heavy atom. The zero-order valence-corrected chi connectivity index (χ0v) is 21.8. The highest BCUT2D eigenvalue weighted by molar-refractivity contribution is 6.09. The number of amides is 2. The number of carbonyl (C=O) groups excluding carboxylic acids is 2. The molecule has 0 aliphatic heterocycles. The van der Waals surface area contributed by atoms with Crippen molar-refractivity contribution in [2.75, 3.05) is 6.61 Å². The second-order valence-electron chi connectivity index (χ2n) is 10.6. The van der Waals surface area contributed by atoms with E-state index in [2.05, 4.69) is 32.5 Å². The van der Waals surface area contributed by atoms with Crippen molar-refractivity contribution >= 4 is 22.8 Å². The lowest BCUT2D eigenvalue weighted by molar-refractivity contribution is -0.120. The third-order valence-corrected chi connectivity index (χ3v) is 7.57. The second kappa shape index (κ2) is 10.7. The standard InChI is InChI=1S/C28H33F2N5O3/c1-14-10-19(34-16(3)36)7-8-21(14)35-28(37)23-15(2)33-26-24(31-13-32-25(23)26)20-11-18(27(29)30)6-9-22(20)38-12-17-4-5-17/h6,9,11,13-14,17,19,21,27,33H,4-5,7-8,10,12H2,1-3H3,(H,34,36)(H,35,37)/t14-,19-,21+/m1/s1. The van der Waals surface area contributed by atoms with Crippen LogP contribution in [0, 0.1) is 18.8 Å². The average molecular weight is 526 g/mol. The molecule has 1 aromatic carbocycles. The summed E-state index contributed by atoms with van der Waals surface area (Å²) in [5.74, 6) is 0.851. The number of aromatic amines is 1. The summed E-state index contributed by atoms with van der Waals surface area (Å²) in [5.41, 5.74) is 2.68. The number of rotatable bonds is 8. The molecule has 2 aliphatic carbocycles. The number of carbonyl (C=O) groups is 2. The van der Waals surface area contributed by atoms with Crippen LogP contribution in [0.25, 0.3) is 22.3 Å². The quantitative estimate of drug-likeness (QED) is 0.380. The highest BCUT2D eigenvalue weighted by atomic mass is 19.3. The molecule has 10 heteroatoms. The molecule has 2 fully saturated rings. The van der Waals surface area contributed by atoms with E-state index in [4.69, 9.17) is 4.74 Å². The van der Waals surface area contributed by atoms with E-state index < -0.39 is 6.43 Å². The molecule has 3 atom stereocenters. The molecule has 3 aromatic rings. The van der Waals surface area contributed by atoms with Crippen molar-refractivity contribution in [1.82, 2.24) is 25.6 Å².